The molecule has 0 saturated heterocycles. The largest absolute Gasteiger partial charge is 0.316 e. The van der Waals surface area contributed by atoms with Crippen LogP contribution in [0.2, 0.25) is 5.02 Å². The maximum Gasteiger partial charge on any atom is 0.0521 e. The van der Waals surface area contributed by atoms with E-state index in [1.807, 2.05) is 30.1 Å². The van der Waals surface area contributed by atoms with Gasteiger partial charge in [-0.2, -0.15) is 5.10 Å². The first-order valence-corrected chi connectivity index (χ1v) is 7.50. The number of nitrogens with zero attached hydrogens (tertiary/aromatic N) is 2. The van der Waals surface area contributed by atoms with E-state index in [-0.39, 0.29) is 0 Å². The minimum Gasteiger partial charge on any atom is -0.316 e. The van der Waals surface area contributed by atoms with E-state index >= 15 is 0 Å². The number of hydrogen-bond acceptors (Lipinski definition) is 2. The summed E-state index contributed by atoms with van der Waals surface area (Å²) >= 11 is 6.12. The van der Waals surface area contributed by atoms with Crippen LogP contribution < -0.4 is 5.32 Å². The molecule has 4 heteroatoms. The number of aryl methyl sites for hydroxylation is 1. The number of benzene rings is 1. The van der Waals surface area contributed by atoms with Gasteiger partial charge in [-0.15, -0.1) is 0 Å². The number of aromatic nitrogens is 2. The molecule has 2 aromatic rings. The highest BCUT2D eigenvalue weighted by molar-refractivity contribution is 6.30. The van der Waals surface area contributed by atoms with E-state index in [0.717, 1.165) is 31.0 Å². The van der Waals surface area contributed by atoms with Gasteiger partial charge >= 0.3 is 0 Å². The van der Waals surface area contributed by atoms with Crippen LogP contribution in [-0.4, -0.2) is 22.9 Å². The van der Waals surface area contributed by atoms with Crippen LogP contribution in [0.4, 0.5) is 0 Å². The van der Waals surface area contributed by atoms with Crippen molar-refractivity contribution in [2.24, 2.45) is 7.05 Å². The maximum absolute atomic E-state index is 6.12. The molecule has 1 atom stereocenters. The van der Waals surface area contributed by atoms with E-state index in [9.17, 15) is 0 Å². The Kier molecular flexibility index (Phi) is 5.62. The molecule has 1 N–H and O–H groups in total. The summed E-state index contributed by atoms with van der Waals surface area (Å²) in [7, 11) is 1.95. The molecule has 0 aliphatic carbocycles. The summed E-state index contributed by atoms with van der Waals surface area (Å²) in [6.45, 7) is 4.19. The van der Waals surface area contributed by atoms with Crippen LogP contribution in [0.1, 0.15) is 30.4 Å². The van der Waals surface area contributed by atoms with Crippen LogP contribution in [0, 0.1) is 0 Å². The van der Waals surface area contributed by atoms with Crippen molar-refractivity contribution in [1.82, 2.24) is 15.1 Å². The fraction of sp³-hybridized carbons (Fsp3) is 0.438. The molecule has 1 heterocycles. The standard InChI is InChI=1S/C16H22ClN3/c1-3-7-18-11-15(8-13-10-19-20(2)12-13)14-5-4-6-16(17)9-14/h4-6,9-10,12,15,18H,3,7-8,11H2,1-2H3. The lowest BCUT2D eigenvalue weighted by Crippen LogP contribution is -2.23. The van der Waals surface area contributed by atoms with Gasteiger partial charge in [-0.1, -0.05) is 30.7 Å². The van der Waals surface area contributed by atoms with Crippen LogP contribution in [0.15, 0.2) is 36.7 Å². The molecule has 0 fully saturated rings. The molecule has 1 aromatic carbocycles. The average molecular weight is 292 g/mol. The van der Waals surface area contributed by atoms with Crippen molar-refractivity contribution >= 4 is 11.6 Å². The van der Waals surface area contributed by atoms with Crippen LogP contribution in [0.3, 0.4) is 0 Å². The summed E-state index contributed by atoms with van der Waals surface area (Å²) in [5.74, 6) is 0.421. The lowest BCUT2D eigenvalue weighted by molar-refractivity contribution is 0.576. The quantitative estimate of drug-likeness (QED) is 0.793. The molecule has 0 aliphatic heterocycles. The summed E-state index contributed by atoms with van der Waals surface area (Å²) < 4.78 is 1.85. The van der Waals surface area contributed by atoms with Gasteiger partial charge in [0.2, 0.25) is 0 Å². The molecule has 2 rings (SSSR count). The van der Waals surface area contributed by atoms with Gasteiger partial charge < -0.3 is 5.32 Å². The van der Waals surface area contributed by atoms with Gasteiger partial charge in [0.15, 0.2) is 0 Å². The second-order valence-corrected chi connectivity index (χ2v) is 5.62. The van der Waals surface area contributed by atoms with Crippen LogP contribution >= 0.6 is 11.6 Å². The van der Waals surface area contributed by atoms with Crippen LogP contribution in [-0.2, 0) is 13.5 Å². The number of rotatable bonds is 7. The Bertz CT molecular complexity index is 536. The van der Waals surface area contributed by atoms with E-state index in [1.165, 1.54) is 11.1 Å². The Morgan fingerprint density at radius 1 is 1.40 bits per heavy atom. The molecule has 108 valence electrons. The SMILES string of the molecule is CCCNCC(Cc1cnn(C)c1)c1cccc(Cl)c1. The van der Waals surface area contributed by atoms with Gasteiger partial charge in [0.25, 0.3) is 0 Å². The summed E-state index contributed by atoms with van der Waals surface area (Å²) in [5, 5.41) is 8.56. The minimum absolute atomic E-state index is 0.421. The van der Waals surface area contributed by atoms with Crippen molar-refractivity contribution in [3.05, 3.63) is 52.8 Å². The Balaban J connectivity index is 2.11. The summed E-state index contributed by atoms with van der Waals surface area (Å²) in [5.41, 5.74) is 2.54. The number of hydrogen-bond donors (Lipinski definition) is 1. The first-order chi connectivity index (χ1) is 9.69. The van der Waals surface area contributed by atoms with Crippen LogP contribution in [0.25, 0.3) is 0 Å². The smallest absolute Gasteiger partial charge is 0.0521 e. The highest BCUT2D eigenvalue weighted by Crippen LogP contribution is 2.23. The Morgan fingerprint density at radius 3 is 2.90 bits per heavy atom. The van der Waals surface area contributed by atoms with Gasteiger partial charge in [-0.05, 0) is 42.6 Å². The van der Waals surface area contributed by atoms with Crippen molar-refractivity contribution < 1.29 is 0 Å². The lowest BCUT2D eigenvalue weighted by atomic mass is 9.93. The molecule has 20 heavy (non-hydrogen) atoms. The van der Waals surface area contributed by atoms with Gasteiger partial charge in [0.05, 0.1) is 6.20 Å². The average Bonchev–Trinajstić information content (AvgIpc) is 2.83. The third kappa shape index (κ3) is 4.36. The molecule has 0 amide bonds. The molecule has 1 aromatic heterocycles. The molecule has 3 nitrogen and oxygen atoms in total. The molecular weight excluding hydrogens is 270 g/mol. The Labute approximate surface area is 126 Å². The van der Waals surface area contributed by atoms with Crippen molar-refractivity contribution in [2.75, 3.05) is 13.1 Å². The third-order valence-corrected chi connectivity index (χ3v) is 3.61. The minimum atomic E-state index is 0.421. The third-order valence-electron chi connectivity index (χ3n) is 3.38. The molecule has 0 bridgehead atoms. The predicted octanol–water partition coefficient (Wildman–Crippen LogP) is 3.40. The summed E-state index contributed by atoms with van der Waals surface area (Å²) in [6.07, 6.45) is 6.15. The molecule has 0 aliphatic rings. The van der Waals surface area contributed by atoms with Crippen molar-refractivity contribution in [3.8, 4) is 0 Å². The van der Waals surface area contributed by atoms with Crippen LogP contribution in [0.5, 0.6) is 0 Å². The van der Waals surface area contributed by atoms with Gasteiger partial charge in [0, 0.05) is 30.7 Å². The fourth-order valence-corrected chi connectivity index (χ4v) is 2.58. The van der Waals surface area contributed by atoms with E-state index in [2.05, 4.69) is 35.7 Å². The second-order valence-electron chi connectivity index (χ2n) is 5.18. The van der Waals surface area contributed by atoms with Gasteiger partial charge in [-0.25, -0.2) is 0 Å². The monoisotopic (exact) mass is 291 g/mol. The van der Waals surface area contributed by atoms with Crippen molar-refractivity contribution in [3.63, 3.8) is 0 Å². The molecule has 0 radical (unpaired) electrons. The normalized spacial score (nSPS) is 12.6. The lowest BCUT2D eigenvalue weighted by Gasteiger charge is -2.17. The highest BCUT2D eigenvalue weighted by Gasteiger charge is 2.13. The van der Waals surface area contributed by atoms with Crippen molar-refractivity contribution in [1.29, 1.82) is 0 Å². The second kappa shape index (κ2) is 7.46. The van der Waals surface area contributed by atoms with Gasteiger partial charge in [0.1, 0.15) is 0 Å². The zero-order valence-corrected chi connectivity index (χ0v) is 12.9. The van der Waals surface area contributed by atoms with E-state index in [1.54, 1.807) is 0 Å². The highest BCUT2D eigenvalue weighted by atomic mass is 35.5. The summed E-state index contributed by atoms with van der Waals surface area (Å²) in [4.78, 5) is 0. The molecule has 0 saturated carbocycles. The van der Waals surface area contributed by atoms with Crippen molar-refractivity contribution in [2.45, 2.75) is 25.7 Å². The van der Waals surface area contributed by atoms with E-state index in [4.69, 9.17) is 11.6 Å². The maximum atomic E-state index is 6.12. The summed E-state index contributed by atoms with van der Waals surface area (Å²) in [6, 6.07) is 8.16. The van der Waals surface area contributed by atoms with E-state index in [0.29, 0.717) is 5.92 Å². The Morgan fingerprint density at radius 2 is 2.25 bits per heavy atom. The van der Waals surface area contributed by atoms with Gasteiger partial charge in [-0.3, -0.25) is 4.68 Å². The topological polar surface area (TPSA) is 29.9 Å². The molecular formula is C16H22ClN3. The number of halogens is 1. The predicted molar refractivity (Wildman–Crippen MR) is 84.3 cm³/mol. The molecule has 0 spiro atoms. The fourth-order valence-electron chi connectivity index (χ4n) is 2.38. The molecule has 1 unspecified atom stereocenters. The zero-order chi connectivity index (χ0) is 14.4. The zero-order valence-electron chi connectivity index (χ0n) is 12.1. The first-order valence-electron chi connectivity index (χ1n) is 7.12. The Hall–Kier alpha value is -1.32. The van der Waals surface area contributed by atoms with E-state index < -0.39 is 0 Å². The number of nitrogens with one attached hydrogen (secondary N) is 1. The first kappa shape index (κ1) is 15.1.